The molecule has 160 valence electrons. The molecule has 0 aliphatic carbocycles. The van der Waals surface area contributed by atoms with Crippen molar-refractivity contribution in [1.29, 1.82) is 0 Å². The highest BCUT2D eigenvalue weighted by molar-refractivity contribution is 6.00. The van der Waals surface area contributed by atoms with Gasteiger partial charge < -0.3 is 14.6 Å². The van der Waals surface area contributed by atoms with Gasteiger partial charge in [-0.1, -0.05) is 23.8 Å². The number of Topliss-reactive ketones (excluding diaryl/α,β-unsaturated/α-hetero) is 1. The topological polar surface area (TPSA) is 77.4 Å². The molecule has 0 spiro atoms. The van der Waals surface area contributed by atoms with E-state index in [4.69, 9.17) is 4.74 Å². The largest absolute Gasteiger partial charge is 0.456 e. The second-order valence-electron chi connectivity index (χ2n) is 7.23. The van der Waals surface area contributed by atoms with E-state index >= 15 is 0 Å². The average molecular weight is 422 g/mol. The third kappa shape index (κ3) is 5.25. The van der Waals surface area contributed by atoms with Crippen molar-refractivity contribution in [2.75, 3.05) is 13.2 Å². The molecule has 0 aliphatic heterocycles. The van der Waals surface area contributed by atoms with Crippen molar-refractivity contribution in [2.45, 2.75) is 20.8 Å². The summed E-state index contributed by atoms with van der Waals surface area (Å²) in [5, 5.41) is 2.47. The van der Waals surface area contributed by atoms with Gasteiger partial charge in [0.15, 0.2) is 6.61 Å². The van der Waals surface area contributed by atoms with Crippen molar-refractivity contribution in [3.8, 4) is 5.69 Å². The Morgan fingerprint density at radius 2 is 1.71 bits per heavy atom. The van der Waals surface area contributed by atoms with Gasteiger partial charge in [-0.25, -0.2) is 4.39 Å². The van der Waals surface area contributed by atoms with Gasteiger partial charge in [0.05, 0.1) is 0 Å². The normalized spacial score (nSPS) is 10.6. The maximum absolute atomic E-state index is 13.6. The first-order valence-electron chi connectivity index (χ1n) is 9.75. The van der Waals surface area contributed by atoms with Crippen LogP contribution in [0.3, 0.4) is 0 Å². The zero-order valence-corrected chi connectivity index (χ0v) is 17.6. The number of carbonyl (C=O) groups is 3. The van der Waals surface area contributed by atoms with Crippen molar-refractivity contribution in [1.82, 2.24) is 9.88 Å². The molecule has 3 rings (SSSR count). The number of nitrogens with one attached hydrogen (secondary N) is 1. The molecule has 6 nitrogen and oxygen atoms in total. The van der Waals surface area contributed by atoms with Crippen molar-refractivity contribution < 1.29 is 23.5 Å². The Hall–Kier alpha value is -3.74. The fraction of sp³-hybridized carbons (Fsp3) is 0.208. The molecule has 2 aromatic carbocycles. The number of ether oxygens (including phenoxy) is 1. The number of hydrogen-bond donors (Lipinski definition) is 1. The average Bonchev–Trinajstić information content (AvgIpc) is 3.04. The highest BCUT2D eigenvalue weighted by Gasteiger charge is 2.18. The first kappa shape index (κ1) is 22.0. The summed E-state index contributed by atoms with van der Waals surface area (Å²) in [5.41, 5.74) is 3.81. The molecule has 3 aromatic rings. The van der Waals surface area contributed by atoms with Gasteiger partial charge in [0.2, 0.25) is 5.78 Å². The van der Waals surface area contributed by atoms with E-state index in [1.807, 2.05) is 6.92 Å². The Labute approximate surface area is 179 Å². The summed E-state index contributed by atoms with van der Waals surface area (Å²) in [7, 11) is 0. The van der Waals surface area contributed by atoms with Crippen LogP contribution in [0.4, 0.5) is 4.39 Å². The minimum absolute atomic E-state index is 0.345. The molecule has 0 saturated heterocycles. The number of rotatable bonds is 7. The predicted molar refractivity (Wildman–Crippen MR) is 114 cm³/mol. The molecule has 1 aromatic heterocycles. The van der Waals surface area contributed by atoms with E-state index in [1.165, 1.54) is 12.1 Å². The van der Waals surface area contributed by atoms with E-state index in [0.29, 0.717) is 22.5 Å². The number of ketones is 1. The van der Waals surface area contributed by atoms with Crippen LogP contribution >= 0.6 is 0 Å². The monoisotopic (exact) mass is 422 g/mol. The lowest BCUT2D eigenvalue weighted by molar-refractivity contribution is -0.141. The summed E-state index contributed by atoms with van der Waals surface area (Å²) < 4.78 is 20.4. The number of aryl methyl sites for hydroxylation is 2. The van der Waals surface area contributed by atoms with Gasteiger partial charge in [-0.3, -0.25) is 14.4 Å². The fourth-order valence-corrected chi connectivity index (χ4v) is 3.29. The second-order valence-corrected chi connectivity index (χ2v) is 7.23. The first-order valence-corrected chi connectivity index (χ1v) is 9.75. The third-order valence-corrected chi connectivity index (χ3v) is 4.87. The molecule has 0 bridgehead atoms. The number of benzene rings is 2. The van der Waals surface area contributed by atoms with Crippen molar-refractivity contribution in [3.63, 3.8) is 0 Å². The fourth-order valence-electron chi connectivity index (χ4n) is 3.29. The standard InChI is InChI=1S/C24H23FN2O4/c1-15-7-9-18(10-8-15)24(30)26-13-23(29)31-14-22(28)21-11-16(2)27(17(21)3)20-6-4-5-19(25)12-20/h4-12H,13-14H2,1-3H3,(H,26,30). The summed E-state index contributed by atoms with van der Waals surface area (Å²) in [6, 6.07) is 14.7. The zero-order valence-electron chi connectivity index (χ0n) is 17.6. The second kappa shape index (κ2) is 9.38. The third-order valence-electron chi connectivity index (χ3n) is 4.87. The minimum atomic E-state index is -0.715. The Morgan fingerprint density at radius 1 is 1.00 bits per heavy atom. The van der Waals surface area contributed by atoms with Gasteiger partial charge >= 0.3 is 5.97 Å². The lowest BCUT2D eigenvalue weighted by Crippen LogP contribution is -2.31. The summed E-state index contributed by atoms with van der Waals surface area (Å²) in [6.45, 7) is 4.66. The number of nitrogens with zero attached hydrogens (tertiary/aromatic N) is 1. The van der Waals surface area contributed by atoms with Crippen LogP contribution in [-0.4, -0.2) is 35.4 Å². The molecule has 0 radical (unpaired) electrons. The lowest BCUT2D eigenvalue weighted by Gasteiger charge is -2.10. The smallest absolute Gasteiger partial charge is 0.325 e. The molecule has 1 amide bonds. The minimum Gasteiger partial charge on any atom is -0.456 e. The molecule has 7 heteroatoms. The SMILES string of the molecule is Cc1ccc(C(=O)NCC(=O)OCC(=O)c2cc(C)n(-c3cccc(F)c3)c2C)cc1. The Bertz CT molecular complexity index is 1130. The van der Waals surface area contributed by atoms with Gasteiger partial charge in [-0.15, -0.1) is 0 Å². The molecule has 0 fully saturated rings. The van der Waals surface area contributed by atoms with Gasteiger partial charge in [0.1, 0.15) is 12.4 Å². The molecule has 0 unspecified atom stereocenters. The molecule has 31 heavy (non-hydrogen) atoms. The molecule has 1 N–H and O–H groups in total. The van der Waals surface area contributed by atoms with Gasteiger partial charge in [-0.05, 0) is 57.2 Å². The molecule has 0 saturated carbocycles. The Kier molecular flexibility index (Phi) is 6.65. The van der Waals surface area contributed by atoms with Crippen LogP contribution in [0, 0.1) is 26.6 Å². The number of esters is 1. The summed E-state index contributed by atoms with van der Waals surface area (Å²) in [4.78, 5) is 36.6. The number of amides is 1. The van der Waals surface area contributed by atoms with E-state index in [1.54, 1.807) is 60.9 Å². The maximum Gasteiger partial charge on any atom is 0.325 e. The van der Waals surface area contributed by atoms with Crippen molar-refractivity contribution in [2.24, 2.45) is 0 Å². The molecule has 1 heterocycles. The van der Waals surface area contributed by atoms with Crippen LogP contribution in [0.5, 0.6) is 0 Å². The highest BCUT2D eigenvalue weighted by atomic mass is 19.1. The summed E-state index contributed by atoms with van der Waals surface area (Å²) in [6.07, 6.45) is 0. The van der Waals surface area contributed by atoms with E-state index < -0.39 is 18.5 Å². The van der Waals surface area contributed by atoms with Crippen LogP contribution in [-0.2, 0) is 9.53 Å². The van der Waals surface area contributed by atoms with E-state index in [-0.39, 0.29) is 18.1 Å². The number of aromatic nitrogens is 1. The maximum atomic E-state index is 13.6. The van der Waals surface area contributed by atoms with Crippen LogP contribution in [0.2, 0.25) is 0 Å². The molecule has 0 aliphatic rings. The molecular weight excluding hydrogens is 399 g/mol. The highest BCUT2D eigenvalue weighted by Crippen LogP contribution is 2.22. The van der Waals surface area contributed by atoms with Crippen LogP contribution in [0.25, 0.3) is 5.69 Å². The Balaban J connectivity index is 1.58. The first-order chi connectivity index (χ1) is 14.8. The van der Waals surface area contributed by atoms with E-state index in [9.17, 15) is 18.8 Å². The summed E-state index contributed by atoms with van der Waals surface area (Å²) >= 11 is 0. The van der Waals surface area contributed by atoms with Crippen molar-refractivity contribution >= 4 is 17.7 Å². The van der Waals surface area contributed by atoms with Gasteiger partial charge in [-0.2, -0.15) is 0 Å². The summed E-state index contributed by atoms with van der Waals surface area (Å²) in [5.74, 6) is -1.87. The van der Waals surface area contributed by atoms with E-state index in [2.05, 4.69) is 5.32 Å². The lowest BCUT2D eigenvalue weighted by atomic mass is 10.1. The quantitative estimate of drug-likeness (QED) is 0.465. The Morgan fingerprint density at radius 3 is 2.39 bits per heavy atom. The van der Waals surface area contributed by atoms with Crippen LogP contribution in [0.1, 0.15) is 37.7 Å². The van der Waals surface area contributed by atoms with Gasteiger partial charge in [0, 0.05) is 28.2 Å². The number of carbonyl (C=O) groups excluding carboxylic acids is 3. The van der Waals surface area contributed by atoms with Crippen molar-refractivity contribution in [3.05, 3.63) is 88.5 Å². The zero-order chi connectivity index (χ0) is 22.5. The number of halogens is 1. The van der Waals surface area contributed by atoms with Gasteiger partial charge in [0.25, 0.3) is 5.91 Å². The van der Waals surface area contributed by atoms with E-state index in [0.717, 1.165) is 11.3 Å². The predicted octanol–water partition coefficient (Wildman–Crippen LogP) is 3.70. The molecule has 0 atom stereocenters. The number of hydrogen-bond acceptors (Lipinski definition) is 4. The molecular formula is C24H23FN2O4. The van der Waals surface area contributed by atoms with Crippen LogP contribution in [0.15, 0.2) is 54.6 Å². The van der Waals surface area contributed by atoms with Crippen LogP contribution < -0.4 is 5.32 Å².